The molecule has 3 rings (SSSR count). The van der Waals surface area contributed by atoms with Crippen molar-refractivity contribution in [3.63, 3.8) is 0 Å². The molecule has 0 radical (unpaired) electrons. The van der Waals surface area contributed by atoms with Crippen molar-refractivity contribution < 1.29 is 4.79 Å². The Morgan fingerprint density at radius 3 is 2.94 bits per heavy atom. The van der Waals surface area contributed by atoms with Gasteiger partial charge in [0.25, 0.3) is 0 Å². The number of carbonyl (C=O) groups excluding carboxylic acids is 1. The van der Waals surface area contributed by atoms with Gasteiger partial charge in [-0.2, -0.15) is 0 Å². The number of rotatable bonds is 1. The number of halogens is 1. The molecule has 2 heterocycles. The third-order valence-electron chi connectivity index (χ3n) is 3.09. The van der Waals surface area contributed by atoms with Crippen LogP contribution < -0.4 is 11.1 Å². The molecule has 1 aliphatic rings. The van der Waals surface area contributed by atoms with Gasteiger partial charge < -0.3 is 15.6 Å². The number of hydrogen-bond acceptors (Lipinski definition) is 3. The van der Waals surface area contributed by atoms with Crippen LogP contribution in [0, 0.1) is 0 Å². The van der Waals surface area contributed by atoms with Crippen molar-refractivity contribution in [3.8, 4) is 11.3 Å². The number of amides is 1. The van der Waals surface area contributed by atoms with Gasteiger partial charge in [0.05, 0.1) is 12.1 Å². The van der Waals surface area contributed by atoms with E-state index in [9.17, 15) is 4.79 Å². The highest BCUT2D eigenvalue weighted by molar-refractivity contribution is 9.10. The molecular formula is C12H11BrN4O. The minimum absolute atomic E-state index is 0.0331. The number of carbonyl (C=O) groups is 1. The molecule has 1 aliphatic heterocycles. The van der Waals surface area contributed by atoms with Gasteiger partial charge in [-0.3, -0.25) is 4.79 Å². The molecular weight excluding hydrogens is 296 g/mol. The highest BCUT2D eigenvalue weighted by atomic mass is 79.9. The van der Waals surface area contributed by atoms with Crippen LogP contribution in [0.1, 0.15) is 5.56 Å². The molecule has 0 fully saturated rings. The molecule has 0 bridgehead atoms. The number of nitrogen functional groups attached to an aromatic ring is 1. The minimum atomic E-state index is 0.0331. The number of nitrogens with two attached hydrogens (primary N) is 1. The van der Waals surface area contributed by atoms with Gasteiger partial charge in [0.2, 0.25) is 11.9 Å². The van der Waals surface area contributed by atoms with Crippen molar-refractivity contribution in [3.05, 3.63) is 28.4 Å². The Morgan fingerprint density at radius 1 is 1.50 bits per heavy atom. The van der Waals surface area contributed by atoms with Crippen LogP contribution in [0.15, 0.2) is 22.8 Å². The van der Waals surface area contributed by atoms with E-state index in [4.69, 9.17) is 5.73 Å². The van der Waals surface area contributed by atoms with Crippen LogP contribution in [-0.4, -0.2) is 15.5 Å². The van der Waals surface area contributed by atoms with Crippen LogP contribution in [0.2, 0.25) is 0 Å². The Balaban J connectivity index is 2.14. The van der Waals surface area contributed by atoms with Gasteiger partial charge in [-0.1, -0.05) is 6.07 Å². The molecule has 0 aliphatic carbocycles. The lowest BCUT2D eigenvalue weighted by molar-refractivity contribution is -0.115. The van der Waals surface area contributed by atoms with E-state index in [2.05, 4.69) is 26.2 Å². The number of aromatic nitrogens is 2. The molecule has 0 atom stereocenters. The third kappa shape index (κ3) is 1.60. The molecule has 0 saturated carbocycles. The zero-order valence-corrected chi connectivity index (χ0v) is 11.3. The first-order chi connectivity index (χ1) is 8.56. The SMILES string of the molecule is Cn1c(N)nc(Br)c1-c1ccc2c(c1)CC(=O)N2. The Kier molecular flexibility index (Phi) is 2.41. The zero-order valence-electron chi connectivity index (χ0n) is 9.70. The largest absolute Gasteiger partial charge is 0.369 e. The fourth-order valence-corrected chi connectivity index (χ4v) is 2.85. The number of anilines is 2. The Labute approximate surface area is 112 Å². The van der Waals surface area contributed by atoms with Crippen molar-refractivity contribution in [1.82, 2.24) is 9.55 Å². The normalized spacial score (nSPS) is 13.6. The number of hydrogen-bond donors (Lipinski definition) is 2. The Morgan fingerprint density at radius 2 is 2.28 bits per heavy atom. The van der Waals surface area contributed by atoms with E-state index >= 15 is 0 Å². The van der Waals surface area contributed by atoms with Gasteiger partial charge in [0, 0.05) is 18.3 Å². The van der Waals surface area contributed by atoms with Gasteiger partial charge in [0.15, 0.2) is 0 Å². The van der Waals surface area contributed by atoms with E-state index < -0.39 is 0 Å². The number of benzene rings is 1. The first-order valence-electron chi connectivity index (χ1n) is 5.47. The van der Waals surface area contributed by atoms with Crippen LogP contribution >= 0.6 is 15.9 Å². The van der Waals surface area contributed by atoms with E-state index in [1.54, 1.807) is 0 Å². The second kappa shape index (κ2) is 3.84. The Bertz CT molecular complexity index is 662. The van der Waals surface area contributed by atoms with Crippen LogP contribution in [0.25, 0.3) is 11.3 Å². The van der Waals surface area contributed by atoms with Crippen molar-refractivity contribution in [2.45, 2.75) is 6.42 Å². The van der Waals surface area contributed by atoms with E-state index in [1.165, 1.54) is 0 Å². The minimum Gasteiger partial charge on any atom is -0.369 e. The second-order valence-corrected chi connectivity index (χ2v) is 5.02. The maximum absolute atomic E-state index is 11.3. The summed E-state index contributed by atoms with van der Waals surface area (Å²) in [6.07, 6.45) is 0.425. The fraction of sp³-hybridized carbons (Fsp3) is 0.167. The molecule has 1 aromatic carbocycles. The maximum atomic E-state index is 11.3. The smallest absolute Gasteiger partial charge is 0.228 e. The van der Waals surface area contributed by atoms with Gasteiger partial charge in [-0.25, -0.2) is 4.98 Å². The molecule has 3 N–H and O–H groups in total. The van der Waals surface area contributed by atoms with E-state index in [0.717, 1.165) is 22.5 Å². The number of imidazole rings is 1. The zero-order chi connectivity index (χ0) is 12.9. The first-order valence-corrected chi connectivity index (χ1v) is 6.26. The fourth-order valence-electron chi connectivity index (χ4n) is 2.17. The molecule has 2 aromatic rings. The molecule has 1 aromatic heterocycles. The molecule has 0 saturated heterocycles. The quantitative estimate of drug-likeness (QED) is 0.845. The van der Waals surface area contributed by atoms with E-state index in [0.29, 0.717) is 17.0 Å². The monoisotopic (exact) mass is 306 g/mol. The van der Waals surface area contributed by atoms with Gasteiger partial charge in [-0.15, -0.1) is 0 Å². The van der Waals surface area contributed by atoms with Crippen LogP contribution in [0.4, 0.5) is 11.6 Å². The highest BCUT2D eigenvalue weighted by Gasteiger charge is 2.20. The lowest BCUT2D eigenvalue weighted by Crippen LogP contribution is -2.03. The van der Waals surface area contributed by atoms with E-state index in [-0.39, 0.29) is 5.91 Å². The van der Waals surface area contributed by atoms with Crippen molar-refractivity contribution in [2.24, 2.45) is 7.05 Å². The number of fused-ring (bicyclic) bond motifs is 1. The predicted octanol–water partition coefficient (Wildman–Crippen LogP) is 1.93. The molecule has 92 valence electrons. The molecule has 0 spiro atoms. The van der Waals surface area contributed by atoms with Gasteiger partial charge in [0.1, 0.15) is 4.60 Å². The highest BCUT2D eigenvalue weighted by Crippen LogP contribution is 2.33. The lowest BCUT2D eigenvalue weighted by atomic mass is 10.1. The van der Waals surface area contributed by atoms with Crippen molar-refractivity contribution in [1.29, 1.82) is 0 Å². The maximum Gasteiger partial charge on any atom is 0.228 e. The third-order valence-corrected chi connectivity index (χ3v) is 3.64. The lowest BCUT2D eigenvalue weighted by Gasteiger charge is -2.06. The van der Waals surface area contributed by atoms with Gasteiger partial charge >= 0.3 is 0 Å². The number of nitrogens with zero attached hydrogens (tertiary/aromatic N) is 2. The second-order valence-electron chi connectivity index (χ2n) is 4.27. The summed E-state index contributed by atoms with van der Waals surface area (Å²) >= 11 is 3.40. The standard InChI is InChI=1S/C12H11BrN4O/c1-17-10(11(13)16-12(17)14)6-2-3-8-7(4-6)5-9(18)15-8/h2-4H,5H2,1H3,(H2,14,16)(H,15,18). The van der Waals surface area contributed by atoms with Crippen molar-refractivity contribution in [2.75, 3.05) is 11.1 Å². The molecule has 6 heteroatoms. The summed E-state index contributed by atoms with van der Waals surface area (Å²) in [4.78, 5) is 15.5. The predicted molar refractivity (Wildman–Crippen MR) is 73.1 cm³/mol. The Hall–Kier alpha value is -1.82. The summed E-state index contributed by atoms with van der Waals surface area (Å²) in [7, 11) is 1.86. The first kappa shape index (κ1) is 11.3. The summed E-state index contributed by atoms with van der Waals surface area (Å²) in [5.41, 5.74) is 9.56. The number of nitrogens with one attached hydrogen (secondary N) is 1. The molecule has 18 heavy (non-hydrogen) atoms. The topological polar surface area (TPSA) is 72.9 Å². The summed E-state index contributed by atoms with van der Waals surface area (Å²) in [5.74, 6) is 0.484. The summed E-state index contributed by atoms with van der Waals surface area (Å²) < 4.78 is 2.52. The summed E-state index contributed by atoms with van der Waals surface area (Å²) in [6, 6.07) is 5.85. The molecule has 0 unspecified atom stereocenters. The molecule has 5 nitrogen and oxygen atoms in total. The van der Waals surface area contributed by atoms with Crippen LogP contribution in [-0.2, 0) is 18.3 Å². The van der Waals surface area contributed by atoms with Gasteiger partial charge in [-0.05, 0) is 33.6 Å². The average molecular weight is 307 g/mol. The van der Waals surface area contributed by atoms with Crippen molar-refractivity contribution >= 4 is 33.5 Å². The van der Waals surface area contributed by atoms with Crippen LogP contribution in [0.3, 0.4) is 0 Å². The summed E-state index contributed by atoms with van der Waals surface area (Å²) in [6.45, 7) is 0. The summed E-state index contributed by atoms with van der Waals surface area (Å²) in [5, 5.41) is 2.81. The average Bonchev–Trinajstić information content (AvgIpc) is 2.78. The van der Waals surface area contributed by atoms with Crippen LogP contribution in [0.5, 0.6) is 0 Å². The molecule has 1 amide bonds. The van der Waals surface area contributed by atoms with E-state index in [1.807, 2.05) is 29.8 Å².